The van der Waals surface area contributed by atoms with Gasteiger partial charge in [0.15, 0.2) is 0 Å². The Hall–Kier alpha value is 0.120. The van der Waals surface area contributed by atoms with E-state index in [0.717, 1.165) is 19.6 Å². The highest BCUT2D eigenvalue weighted by molar-refractivity contribution is 7.86. The largest absolute Gasteiger partial charge is 0.300 e. The molecule has 0 N–H and O–H groups in total. The van der Waals surface area contributed by atoms with Crippen LogP contribution in [0.3, 0.4) is 0 Å². The minimum atomic E-state index is -3.26. The van der Waals surface area contributed by atoms with Crippen molar-refractivity contribution in [1.82, 2.24) is 13.5 Å². The Labute approximate surface area is 109 Å². The number of nitrogens with zero attached hydrogens (tertiary/aromatic N) is 3. The van der Waals surface area contributed by atoms with E-state index in [1.165, 1.54) is 4.31 Å². The summed E-state index contributed by atoms with van der Waals surface area (Å²) >= 11 is 5.67. The van der Waals surface area contributed by atoms with E-state index in [1.54, 1.807) is 4.31 Å². The van der Waals surface area contributed by atoms with Crippen LogP contribution >= 0.6 is 11.6 Å². The van der Waals surface area contributed by atoms with Crippen molar-refractivity contribution >= 4 is 21.8 Å². The highest BCUT2D eigenvalue weighted by Gasteiger charge is 2.30. The average molecular weight is 284 g/mol. The van der Waals surface area contributed by atoms with Crippen molar-refractivity contribution in [2.45, 2.75) is 13.8 Å². The molecule has 0 aromatic carbocycles. The SMILES string of the molecule is CCN(CC)S(=O)(=O)N1CCN(CCCl)CC1. The number of hydrogen-bond acceptors (Lipinski definition) is 3. The molecule has 7 heteroatoms. The fourth-order valence-corrected chi connectivity index (χ4v) is 3.86. The number of alkyl halides is 1. The second-order valence-corrected chi connectivity index (χ2v) is 6.33. The van der Waals surface area contributed by atoms with Gasteiger partial charge in [0, 0.05) is 51.7 Å². The number of hydrogen-bond donors (Lipinski definition) is 0. The van der Waals surface area contributed by atoms with Crippen molar-refractivity contribution in [3.05, 3.63) is 0 Å². The van der Waals surface area contributed by atoms with E-state index in [0.29, 0.717) is 32.1 Å². The zero-order valence-electron chi connectivity index (χ0n) is 10.6. The van der Waals surface area contributed by atoms with E-state index in [4.69, 9.17) is 11.6 Å². The van der Waals surface area contributed by atoms with Gasteiger partial charge in [-0.15, -0.1) is 11.6 Å². The van der Waals surface area contributed by atoms with Gasteiger partial charge in [-0.2, -0.15) is 17.0 Å². The van der Waals surface area contributed by atoms with Gasteiger partial charge in [-0.3, -0.25) is 4.90 Å². The van der Waals surface area contributed by atoms with Gasteiger partial charge < -0.3 is 0 Å². The third-order valence-corrected chi connectivity index (χ3v) is 5.45. The molecule has 0 radical (unpaired) electrons. The molecule has 1 rings (SSSR count). The first-order valence-corrected chi connectivity index (χ1v) is 8.03. The minimum Gasteiger partial charge on any atom is -0.300 e. The molecule has 0 atom stereocenters. The van der Waals surface area contributed by atoms with Crippen LogP contribution in [0.15, 0.2) is 0 Å². The molecule has 0 amide bonds. The molecule has 5 nitrogen and oxygen atoms in total. The minimum absolute atomic E-state index is 0.528. The molecule has 1 heterocycles. The van der Waals surface area contributed by atoms with E-state index in [-0.39, 0.29) is 0 Å². The fourth-order valence-electron chi connectivity index (χ4n) is 2.02. The van der Waals surface area contributed by atoms with Crippen molar-refractivity contribution in [3.8, 4) is 0 Å². The third-order valence-electron chi connectivity index (χ3n) is 3.09. The molecular weight excluding hydrogens is 262 g/mol. The predicted octanol–water partition coefficient (Wildman–Crippen LogP) is 0.429. The lowest BCUT2D eigenvalue weighted by Crippen LogP contribution is -2.53. The Bertz CT molecular complexity index is 312. The van der Waals surface area contributed by atoms with Crippen LogP contribution in [-0.4, -0.2) is 73.6 Å². The molecule has 0 spiro atoms. The maximum Gasteiger partial charge on any atom is 0.282 e. The van der Waals surface area contributed by atoms with Gasteiger partial charge in [-0.05, 0) is 0 Å². The van der Waals surface area contributed by atoms with Gasteiger partial charge in [-0.1, -0.05) is 13.8 Å². The van der Waals surface area contributed by atoms with E-state index in [1.807, 2.05) is 13.8 Å². The maximum atomic E-state index is 12.2. The molecular formula is C10H22ClN3O2S. The summed E-state index contributed by atoms with van der Waals surface area (Å²) in [5, 5.41) is 0. The first-order chi connectivity index (χ1) is 8.06. The Morgan fingerprint density at radius 2 is 1.65 bits per heavy atom. The van der Waals surface area contributed by atoms with Gasteiger partial charge in [0.05, 0.1) is 0 Å². The molecule has 102 valence electrons. The summed E-state index contributed by atoms with van der Waals surface area (Å²) in [6.07, 6.45) is 0. The van der Waals surface area contributed by atoms with Gasteiger partial charge in [0.25, 0.3) is 10.2 Å². The molecule has 0 unspecified atom stereocenters. The number of halogens is 1. The Kier molecular flexibility index (Phi) is 6.16. The van der Waals surface area contributed by atoms with E-state index in [2.05, 4.69) is 4.90 Å². The summed E-state index contributed by atoms with van der Waals surface area (Å²) < 4.78 is 27.5. The topological polar surface area (TPSA) is 43.9 Å². The summed E-state index contributed by atoms with van der Waals surface area (Å²) in [5.41, 5.74) is 0. The number of rotatable bonds is 6. The molecule has 0 aliphatic carbocycles. The molecule has 1 fully saturated rings. The van der Waals surface area contributed by atoms with E-state index >= 15 is 0 Å². The highest BCUT2D eigenvalue weighted by Crippen LogP contribution is 2.11. The zero-order chi connectivity index (χ0) is 12.9. The second-order valence-electron chi connectivity index (χ2n) is 4.02. The summed E-state index contributed by atoms with van der Waals surface area (Å²) in [4.78, 5) is 2.20. The van der Waals surface area contributed by atoms with Gasteiger partial charge in [-0.25, -0.2) is 0 Å². The standard InChI is InChI=1S/C10H22ClN3O2S/c1-3-13(4-2)17(15,16)14-9-7-12(6-5-11)8-10-14/h3-10H2,1-2H3. The van der Waals surface area contributed by atoms with Crippen LogP contribution in [0.5, 0.6) is 0 Å². The Morgan fingerprint density at radius 3 is 2.06 bits per heavy atom. The molecule has 17 heavy (non-hydrogen) atoms. The molecule has 1 saturated heterocycles. The second kappa shape index (κ2) is 6.89. The highest BCUT2D eigenvalue weighted by atomic mass is 35.5. The summed E-state index contributed by atoms with van der Waals surface area (Å²) in [6.45, 7) is 8.30. The van der Waals surface area contributed by atoms with Crippen LogP contribution in [-0.2, 0) is 10.2 Å². The first kappa shape index (κ1) is 15.2. The van der Waals surface area contributed by atoms with Crippen LogP contribution in [0.1, 0.15) is 13.8 Å². The molecule has 1 aliphatic heterocycles. The van der Waals surface area contributed by atoms with Crippen LogP contribution in [0.4, 0.5) is 0 Å². The summed E-state index contributed by atoms with van der Waals surface area (Å²) in [7, 11) is -3.26. The average Bonchev–Trinajstić information content (AvgIpc) is 2.31. The van der Waals surface area contributed by atoms with Crippen LogP contribution < -0.4 is 0 Å². The molecule has 0 saturated carbocycles. The lowest BCUT2D eigenvalue weighted by molar-refractivity contribution is 0.190. The van der Waals surface area contributed by atoms with Crippen molar-refractivity contribution < 1.29 is 8.42 Å². The van der Waals surface area contributed by atoms with Crippen LogP contribution in [0, 0.1) is 0 Å². The maximum absolute atomic E-state index is 12.2. The van der Waals surface area contributed by atoms with E-state index < -0.39 is 10.2 Å². The van der Waals surface area contributed by atoms with Gasteiger partial charge in [0.1, 0.15) is 0 Å². The Balaban J connectivity index is 2.58. The van der Waals surface area contributed by atoms with Gasteiger partial charge in [0.2, 0.25) is 0 Å². The molecule has 0 aromatic rings. The Morgan fingerprint density at radius 1 is 1.12 bits per heavy atom. The first-order valence-electron chi connectivity index (χ1n) is 6.09. The normalized spacial score (nSPS) is 20.0. The van der Waals surface area contributed by atoms with Crippen molar-refractivity contribution in [1.29, 1.82) is 0 Å². The molecule has 1 aliphatic rings. The molecule has 0 aromatic heterocycles. The molecule has 0 bridgehead atoms. The lowest BCUT2D eigenvalue weighted by atomic mass is 10.4. The predicted molar refractivity (Wildman–Crippen MR) is 70.6 cm³/mol. The zero-order valence-corrected chi connectivity index (χ0v) is 12.2. The van der Waals surface area contributed by atoms with Crippen molar-refractivity contribution in [2.75, 3.05) is 51.7 Å². The number of piperazine rings is 1. The quantitative estimate of drug-likeness (QED) is 0.664. The smallest absolute Gasteiger partial charge is 0.282 e. The third kappa shape index (κ3) is 3.79. The lowest BCUT2D eigenvalue weighted by Gasteiger charge is -2.36. The van der Waals surface area contributed by atoms with E-state index in [9.17, 15) is 8.42 Å². The fraction of sp³-hybridized carbons (Fsp3) is 1.00. The van der Waals surface area contributed by atoms with Crippen molar-refractivity contribution in [2.24, 2.45) is 0 Å². The van der Waals surface area contributed by atoms with Crippen LogP contribution in [0.25, 0.3) is 0 Å². The summed E-state index contributed by atoms with van der Waals surface area (Å²) in [5.74, 6) is 0.600. The monoisotopic (exact) mass is 283 g/mol. The van der Waals surface area contributed by atoms with Crippen molar-refractivity contribution in [3.63, 3.8) is 0 Å². The van der Waals surface area contributed by atoms with Gasteiger partial charge >= 0.3 is 0 Å². The van der Waals surface area contributed by atoms with Crippen LogP contribution in [0.2, 0.25) is 0 Å². The summed E-state index contributed by atoms with van der Waals surface area (Å²) in [6, 6.07) is 0.